The van der Waals surface area contributed by atoms with Crippen LogP contribution in [0.4, 0.5) is 5.69 Å². The summed E-state index contributed by atoms with van der Waals surface area (Å²) < 4.78 is 0. The highest BCUT2D eigenvalue weighted by atomic mass is 35.5. The Morgan fingerprint density at radius 2 is 1.60 bits per heavy atom. The molecule has 1 rings (SSSR count). The van der Waals surface area contributed by atoms with E-state index < -0.39 is 4.92 Å². The zero-order valence-electron chi connectivity index (χ0n) is 15.3. The lowest BCUT2D eigenvalue weighted by Crippen LogP contribution is -2.33. The van der Waals surface area contributed by atoms with Crippen LogP contribution in [0.1, 0.15) is 75.6 Å². The first-order valence-corrected chi connectivity index (χ1v) is 9.62. The molecule has 0 N–H and O–H groups in total. The van der Waals surface area contributed by atoms with Crippen LogP contribution in [0.5, 0.6) is 0 Å². The van der Waals surface area contributed by atoms with Crippen LogP contribution in [-0.2, 0) is 0 Å². The van der Waals surface area contributed by atoms with Gasteiger partial charge in [-0.1, -0.05) is 64.0 Å². The first-order valence-electron chi connectivity index (χ1n) is 9.24. The molecule has 0 bridgehead atoms. The number of non-ortho nitro benzene ring substituents is 1. The van der Waals surface area contributed by atoms with E-state index in [0.717, 1.165) is 51.4 Å². The average Bonchev–Trinajstić information content (AvgIpc) is 2.59. The lowest BCUT2D eigenvalue weighted by atomic mass is 10.1. The van der Waals surface area contributed by atoms with Crippen LogP contribution in [0, 0.1) is 10.1 Å². The van der Waals surface area contributed by atoms with Crippen molar-refractivity contribution in [2.24, 2.45) is 0 Å². The van der Waals surface area contributed by atoms with E-state index in [1.807, 2.05) is 4.90 Å². The fourth-order valence-corrected chi connectivity index (χ4v) is 2.99. The highest BCUT2D eigenvalue weighted by Gasteiger charge is 2.20. The molecular weight excluding hydrogens is 340 g/mol. The Balaban J connectivity index is 2.80. The number of hydrogen-bond acceptors (Lipinski definition) is 3. The van der Waals surface area contributed by atoms with Gasteiger partial charge in [-0.3, -0.25) is 14.9 Å². The predicted molar refractivity (Wildman–Crippen MR) is 102 cm³/mol. The van der Waals surface area contributed by atoms with Crippen molar-refractivity contribution in [1.82, 2.24) is 4.90 Å². The number of unbranched alkanes of at least 4 members (excludes halogenated alkanes) is 6. The molecule has 5 nitrogen and oxygen atoms in total. The summed E-state index contributed by atoms with van der Waals surface area (Å²) in [6.07, 6.45) is 8.77. The summed E-state index contributed by atoms with van der Waals surface area (Å²) in [6.45, 7) is 5.73. The highest BCUT2D eigenvalue weighted by molar-refractivity contribution is 6.34. The SMILES string of the molecule is CCCCCCN(CCCCCC)C(=O)c1ccc([N+](=O)[O-])cc1Cl. The second kappa shape index (κ2) is 11.9. The van der Waals surface area contributed by atoms with E-state index in [1.54, 1.807) is 0 Å². The molecule has 0 unspecified atom stereocenters. The minimum absolute atomic E-state index is 0.0982. The number of carbonyl (C=O) groups is 1. The number of hydrogen-bond donors (Lipinski definition) is 0. The molecule has 0 saturated carbocycles. The molecule has 1 aromatic rings. The quantitative estimate of drug-likeness (QED) is 0.264. The number of rotatable bonds is 12. The van der Waals surface area contributed by atoms with E-state index in [4.69, 9.17) is 11.6 Å². The Morgan fingerprint density at radius 3 is 2.04 bits per heavy atom. The van der Waals surface area contributed by atoms with Gasteiger partial charge in [0.15, 0.2) is 0 Å². The second-order valence-corrected chi connectivity index (χ2v) is 6.74. The molecule has 6 heteroatoms. The smallest absolute Gasteiger partial charge is 0.270 e. The van der Waals surface area contributed by atoms with Crippen LogP contribution in [-0.4, -0.2) is 28.8 Å². The van der Waals surface area contributed by atoms with Gasteiger partial charge in [-0.2, -0.15) is 0 Å². The summed E-state index contributed by atoms with van der Waals surface area (Å²) in [7, 11) is 0. The summed E-state index contributed by atoms with van der Waals surface area (Å²) in [5.41, 5.74) is 0.247. The van der Waals surface area contributed by atoms with Crippen molar-refractivity contribution in [3.8, 4) is 0 Å². The molecule has 1 amide bonds. The molecule has 0 aliphatic rings. The summed E-state index contributed by atoms with van der Waals surface area (Å²) in [5.74, 6) is -0.132. The minimum atomic E-state index is -0.507. The maximum absolute atomic E-state index is 12.8. The largest absolute Gasteiger partial charge is 0.339 e. The maximum atomic E-state index is 12.8. The average molecular weight is 369 g/mol. The predicted octanol–water partition coefficient (Wildman–Crippen LogP) is 5.85. The summed E-state index contributed by atoms with van der Waals surface area (Å²) in [6, 6.07) is 4.06. The Labute approximate surface area is 155 Å². The molecule has 140 valence electrons. The fraction of sp³-hybridized carbons (Fsp3) is 0.632. The molecule has 0 heterocycles. The number of amides is 1. The van der Waals surface area contributed by atoms with Gasteiger partial charge in [0.25, 0.3) is 11.6 Å². The van der Waals surface area contributed by atoms with Crippen LogP contribution in [0.25, 0.3) is 0 Å². The van der Waals surface area contributed by atoms with Gasteiger partial charge in [-0.05, 0) is 18.9 Å². The first kappa shape index (κ1) is 21.4. The number of nitrogens with zero attached hydrogens (tertiary/aromatic N) is 2. The van der Waals surface area contributed by atoms with E-state index in [0.29, 0.717) is 18.7 Å². The number of nitro benzene ring substituents is 1. The third-order valence-electron chi connectivity index (χ3n) is 4.24. The molecule has 25 heavy (non-hydrogen) atoms. The van der Waals surface area contributed by atoms with E-state index >= 15 is 0 Å². The third-order valence-corrected chi connectivity index (χ3v) is 4.56. The monoisotopic (exact) mass is 368 g/mol. The topological polar surface area (TPSA) is 63.5 Å². The van der Waals surface area contributed by atoms with Gasteiger partial charge in [-0.25, -0.2) is 0 Å². The summed E-state index contributed by atoms with van der Waals surface area (Å²) >= 11 is 6.13. The summed E-state index contributed by atoms with van der Waals surface area (Å²) in [5, 5.41) is 11.0. The van der Waals surface area contributed by atoms with Gasteiger partial charge in [0.1, 0.15) is 0 Å². The standard InChI is InChI=1S/C19H29ClN2O3/c1-3-5-7-9-13-21(14-10-8-6-4-2)19(23)17-12-11-16(22(24)25)15-18(17)20/h11-12,15H,3-10,13-14H2,1-2H3. The summed E-state index contributed by atoms with van der Waals surface area (Å²) in [4.78, 5) is 25.0. The highest BCUT2D eigenvalue weighted by Crippen LogP contribution is 2.24. The van der Waals surface area contributed by atoms with Gasteiger partial charge in [-0.15, -0.1) is 0 Å². The van der Waals surface area contributed by atoms with E-state index in [-0.39, 0.29) is 16.6 Å². The molecule has 0 atom stereocenters. The molecule has 1 aromatic carbocycles. The van der Waals surface area contributed by atoms with Gasteiger partial charge in [0.2, 0.25) is 0 Å². The Hall–Kier alpha value is -1.62. The zero-order chi connectivity index (χ0) is 18.7. The normalized spacial score (nSPS) is 10.7. The van der Waals surface area contributed by atoms with Gasteiger partial charge in [0, 0.05) is 25.2 Å². The molecule has 0 radical (unpaired) electrons. The lowest BCUT2D eigenvalue weighted by molar-refractivity contribution is -0.384. The third kappa shape index (κ3) is 7.43. The number of nitro groups is 1. The molecule has 0 aromatic heterocycles. The number of halogens is 1. The van der Waals surface area contributed by atoms with Crippen molar-refractivity contribution in [2.75, 3.05) is 13.1 Å². The van der Waals surface area contributed by atoms with Crippen LogP contribution >= 0.6 is 11.6 Å². The van der Waals surface area contributed by atoms with Crippen molar-refractivity contribution >= 4 is 23.2 Å². The van der Waals surface area contributed by atoms with Crippen LogP contribution in [0.3, 0.4) is 0 Å². The lowest BCUT2D eigenvalue weighted by Gasteiger charge is -2.23. The maximum Gasteiger partial charge on any atom is 0.270 e. The molecule has 0 fully saturated rings. The van der Waals surface area contributed by atoms with Crippen molar-refractivity contribution < 1.29 is 9.72 Å². The van der Waals surface area contributed by atoms with E-state index in [9.17, 15) is 14.9 Å². The van der Waals surface area contributed by atoms with Crippen LogP contribution in [0.15, 0.2) is 18.2 Å². The number of carbonyl (C=O) groups excluding carboxylic acids is 1. The Kier molecular flexibility index (Phi) is 10.2. The first-order chi connectivity index (χ1) is 12.0. The fourth-order valence-electron chi connectivity index (χ4n) is 2.74. The van der Waals surface area contributed by atoms with Crippen molar-refractivity contribution in [2.45, 2.75) is 65.2 Å². The van der Waals surface area contributed by atoms with Crippen LogP contribution < -0.4 is 0 Å². The number of benzene rings is 1. The van der Waals surface area contributed by atoms with Crippen LogP contribution in [0.2, 0.25) is 5.02 Å². The zero-order valence-corrected chi connectivity index (χ0v) is 16.1. The van der Waals surface area contributed by atoms with Gasteiger partial charge in [0.05, 0.1) is 15.5 Å². The minimum Gasteiger partial charge on any atom is -0.339 e. The molecule has 0 aliphatic carbocycles. The molecule has 0 spiro atoms. The van der Waals surface area contributed by atoms with E-state index in [1.165, 1.54) is 18.2 Å². The molecule has 0 saturated heterocycles. The second-order valence-electron chi connectivity index (χ2n) is 6.33. The van der Waals surface area contributed by atoms with Crippen molar-refractivity contribution in [3.05, 3.63) is 38.9 Å². The Bertz CT molecular complexity index is 552. The van der Waals surface area contributed by atoms with Crippen molar-refractivity contribution in [3.63, 3.8) is 0 Å². The van der Waals surface area contributed by atoms with E-state index in [2.05, 4.69) is 13.8 Å². The Morgan fingerprint density at radius 1 is 1.04 bits per heavy atom. The molecular formula is C19H29ClN2O3. The van der Waals surface area contributed by atoms with Gasteiger partial charge >= 0.3 is 0 Å². The molecule has 0 aliphatic heterocycles. The van der Waals surface area contributed by atoms with Crippen molar-refractivity contribution in [1.29, 1.82) is 0 Å². The van der Waals surface area contributed by atoms with Gasteiger partial charge < -0.3 is 4.90 Å².